The molecule has 0 unspecified atom stereocenters. The molecule has 1 aromatic heterocycles. The van der Waals surface area contributed by atoms with Gasteiger partial charge in [-0.05, 0) is 49.4 Å². The number of carbonyl (C=O) groups is 1. The van der Waals surface area contributed by atoms with Gasteiger partial charge in [-0.15, -0.1) is 10.2 Å². The zero-order chi connectivity index (χ0) is 17.5. The highest BCUT2D eigenvalue weighted by molar-refractivity contribution is 7.99. The van der Waals surface area contributed by atoms with Crippen LogP contribution in [0.3, 0.4) is 0 Å². The molecule has 0 radical (unpaired) electrons. The van der Waals surface area contributed by atoms with E-state index in [1.54, 1.807) is 12.1 Å². The molecule has 1 aromatic carbocycles. The molecule has 0 aliphatic heterocycles. The molecule has 25 heavy (non-hydrogen) atoms. The van der Waals surface area contributed by atoms with Crippen molar-refractivity contribution in [1.82, 2.24) is 15.5 Å². The molecule has 0 spiro atoms. The summed E-state index contributed by atoms with van der Waals surface area (Å²) in [5.74, 6) is 1.37. The van der Waals surface area contributed by atoms with E-state index < -0.39 is 0 Å². The second-order valence-corrected chi connectivity index (χ2v) is 7.25. The predicted molar refractivity (Wildman–Crippen MR) is 96.6 cm³/mol. The number of nitrogens with one attached hydrogen (secondary N) is 1. The summed E-state index contributed by atoms with van der Waals surface area (Å²) < 4.78 is 11.1. The number of ether oxygens (including phenoxy) is 1. The Labute approximate surface area is 155 Å². The maximum atomic E-state index is 11.8. The molecule has 0 bridgehead atoms. The molecule has 2 aromatic rings. The SMILES string of the molecule is O=C(CSc1nnc(-c2ccc(Cl)cc2)o1)NCCCOCC1CC1. The van der Waals surface area contributed by atoms with Crippen molar-refractivity contribution in [2.24, 2.45) is 5.92 Å². The zero-order valence-electron chi connectivity index (χ0n) is 13.7. The van der Waals surface area contributed by atoms with Crippen LogP contribution in [0.1, 0.15) is 19.3 Å². The maximum absolute atomic E-state index is 11.8. The Morgan fingerprint density at radius 2 is 2.12 bits per heavy atom. The van der Waals surface area contributed by atoms with Crippen LogP contribution in [0, 0.1) is 5.92 Å². The van der Waals surface area contributed by atoms with Crippen molar-refractivity contribution in [2.45, 2.75) is 24.5 Å². The second-order valence-electron chi connectivity index (χ2n) is 5.89. The number of amides is 1. The Balaban J connectivity index is 1.32. The quantitative estimate of drug-likeness (QED) is 0.502. The van der Waals surface area contributed by atoms with Crippen LogP contribution in [0.2, 0.25) is 5.02 Å². The van der Waals surface area contributed by atoms with Crippen LogP contribution < -0.4 is 5.32 Å². The topological polar surface area (TPSA) is 77.2 Å². The Morgan fingerprint density at radius 3 is 2.88 bits per heavy atom. The molecule has 134 valence electrons. The van der Waals surface area contributed by atoms with Crippen molar-refractivity contribution in [1.29, 1.82) is 0 Å². The third-order valence-electron chi connectivity index (χ3n) is 3.66. The number of thioether (sulfide) groups is 1. The van der Waals surface area contributed by atoms with E-state index in [1.165, 1.54) is 24.6 Å². The Kier molecular flexibility index (Phi) is 6.72. The van der Waals surface area contributed by atoms with E-state index in [0.29, 0.717) is 29.3 Å². The number of hydrogen-bond acceptors (Lipinski definition) is 6. The van der Waals surface area contributed by atoms with E-state index in [4.69, 9.17) is 20.8 Å². The van der Waals surface area contributed by atoms with Crippen LogP contribution in [0.4, 0.5) is 0 Å². The molecule has 8 heteroatoms. The average molecular weight is 382 g/mol. The third kappa shape index (κ3) is 6.34. The first kappa shape index (κ1) is 18.2. The molecule has 1 aliphatic carbocycles. The monoisotopic (exact) mass is 381 g/mol. The molecule has 1 amide bonds. The number of rotatable bonds is 10. The fourth-order valence-electron chi connectivity index (χ4n) is 2.09. The summed E-state index contributed by atoms with van der Waals surface area (Å²) in [6, 6.07) is 7.13. The van der Waals surface area contributed by atoms with Crippen molar-refractivity contribution in [3.8, 4) is 11.5 Å². The summed E-state index contributed by atoms with van der Waals surface area (Å²) in [4.78, 5) is 11.8. The number of aromatic nitrogens is 2. The first-order chi connectivity index (χ1) is 12.2. The number of carbonyl (C=O) groups excluding carboxylic acids is 1. The molecule has 6 nitrogen and oxygen atoms in total. The fourth-order valence-corrected chi connectivity index (χ4v) is 2.81. The van der Waals surface area contributed by atoms with Crippen LogP contribution in [0.25, 0.3) is 11.5 Å². The lowest BCUT2D eigenvalue weighted by Gasteiger charge is -2.05. The lowest BCUT2D eigenvalue weighted by atomic mass is 10.2. The minimum absolute atomic E-state index is 0.0570. The van der Waals surface area contributed by atoms with Gasteiger partial charge in [0.15, 0.2) is 0 Å². The van der Waals surface area contributed by atoms with Gasteiger partial charge in [-0.1, -0.05) is 23.4 Å². The lowest BCUT2D eigenvalue weighted by Crippen LogP contribution is -2.26. The van der Waals surface area contributed by atoms with Crippen LogP contribution in [-0.2, 0) is 9.53 Å². The van der Waals surface area contributed by atoms with Crippen LogP contribution in [0.15, 0.2) is 33.9 Å². The zero-order valence-corrected chi connectivity index (χ0v) is 15.3. The number of nitrogens with zero attached hydrogens (tertiary/aromatic N) is 2. The normalized spacial score (nSPS) is 13.8. The van der Waals surface area contributed by atoms with E-state index in [9.17, 15) is 4.79 Å². The van der Waals surface area contributed by atoms with Gasteiger partial charge in [0.2, 0.25) is 11.8 Å². The highest BCUT2D eigenvalue weighted by atomic mass is 35.5. The van der Waals surface area contributed by atoms with Crippen molar-refractivity contribution in [3.63, 3.8) is 0 Å². The minimum Gasteiger partial charge on any atom is -0.411 e. The van der Waals surface area contributed by atoms with Gasteiger partial charge in [0, 0.05) is 30.3 Å². The van der Waals surface area contributed by atoms with Gasteiger partial charge in [-0.2, -0.15) is 0 Å². The Morgan fingerprint density at radius 1 is 1.32 bits per heavy atom. The lowest BCUT2D eigenvalue weighted by molar-refractivity contribution is -0.118. The highest BCUT2D eigenvalue weighted by Crippen LogP contribution is 2.28. The van der Waals surface area contributed by atoms with Crippen molar-refractivity contribution in [2.75, 3.05) is 25.5 Å². The van der Waals surface area contributed by atoms with E-state index >= 15 is 0 Å². The summed E-state index contributed by atoms with van der Waals surface area (Å²) in [5, 5.41) is 11.8. The summed E-state index contributed by atoms with van der Waals surface area (Å²) in [5.41, 5.74) is 0.791. The van der Waals surface area contributed by atoms with E-state index in [1.807, 2.05) is 12.1 Å². The smallest absolute Gasteiger partial charge is 0.277 e. The predicted octanol–water partition coefficient (Wildman–Crippen LogP) is 3.42. The van der Waals surface area contributed by atoms with Crippen molar-refractivity contribution >= 4 is 29.3 Å². The number of benzene rings is 1. The fraction of sp³-hybridized carbons (Fsp3) is 0.471. The van der Waals surface area contributed by atoms with Gasteiger partial charge in [-0.25, -0.2) is 0 Å². The third-order valence-corrected chi connectivity index (χ3v) is 4.73. The first-order valence-electron chi connectivity index (χ1n) is 8.27. The Bertz CT molecular complexity index is 689. The van der Waals surface area contributed by atoms with E-state index in [2.05, 4.69) is 15.5 Å². The molecular weight excluding hydrogens is 362 g/mol. The van der Waals surface area contributed by atoms with Gasteiger partial charge in [0.1, 0.15) is 0 Å². The summed E-state index contributed by atoms with van der Waals surface area (Å²) in [6.45, 7) is 2.17. The maximum Gasteiger partial charge on any atom is 0.277 e. The molecule has 0 saturated heterocycles. The van der Waals surface area contributed by atoms with Gasteiger partial charge in [0.25, 0.3) is 5.22 Å². The highest BCUT2D eigenvalue weighted by Gasteiger charge is 2.20. The van der Waals surface area contributed by atoms with Crippen LogP contribution in [0.5, 0.6) is 0 Å². The standard InChI is InChI=1S/C17H20ClN3O3S/c18-14-6-4-13(5-7-14)16-20-21-17(24-16)25-11-15(22)19-8-1-9-23-10-12-2-3-12/h4-7,12H,1-3,8-11H2,(H,19,22). The van der Waals surface area contributed by atoms with E-state index in [-0.39, 0.29) is 11.7 Å². The molecule has 1 heterocycles. The molecule has 0 atom stereocenters. The van der Waals surface area contributed by atoms with Gasteiger partial charge in [0.05, 0.1) is 5.75 Å². The Hall–Kier alpha value is -1.57. The van der Waals surface area contributed by atoms with Gasteiger partial charge >= 0.3 is 0 Å². The number of halogens is 1. The van der Waals surface area contributed by atoms with Crippen LogP contribution >= 0.6 is 23.4 Å². The summed E-state index contributed by atoms with van der Waals surface area (Å²) in [6.07, 6.45) is 3.41. The molecule has 3 rings (SSSR count). The second kappa shape index (κ2) is 9.22. The molecule has 1 aliphatic rings. The van der Waals surface area contributed by atoms with Gasteiger partial charge in [-0.3, -0.25) is 4.79 Å². The molecule has 1 N–H and O–H groups in total. The van der Waals surface area contributed by atoms with Crippen molar-refractivity contribution < 1.29 is 13.9 Å². The van der Waals surface area contributed by atoms with Crippen molar-refractivity contribution in [3.05, 3.63) is 29.3 Å². The minimum atomic E-state index is -0.0570. The average Bonchev–Trinajstić information content (AvgIpc) is 3.32. The van der Waals surface area contributed by atoms with E-state index in [0.717, 1.165) is 24.5 Å². The first-order valence-corrected chi connectivity index (χ1v) is 9.64. The molecular formula is C17H20ClN3O3S. The molecule has 1 saturated carbocycles. The molecule has 1 fully saturated rings. The van der Waals surface area contributed by atoms with Gasteiger partial charge < -0.3 is 14.5 Å². The summed E-state index contributed by atoms with van der Waals surface area (Å²) >= 11 is 7.07. The number of hydrogen-bond donors (Lipinski definition) is 1. The summed E-state index contributed by atoms with van der Waals surface area (Å²) in [7, 11) is 0. The van der Waals surface area contributed by atoms with Crippen LogP contribution in [-0.4, -0.2) is 41.6 Å². The largest absolute Gasteiger partial charge is 0.411 e.